The highest BCUT2D eigenvalue weighted by molar-refractivity contribution is 6.17. The molecule has 1 aromatic heterocycles. The van der Waals surface area contributed by atoms with E-state index in [4.69, 9.17) is 16.9 Å². The van der Waals surface area contributed by atoms with Gasteiger partial charge in [0.1, 0.15) is 6.07 Å². The number of pyridine rings is 1. The summed E-state index contributed by atoms with van der Waals surface area (Å²) in [5, 5.41) is 8.92. The van der Waals surface area contributed by atoms with E-state index in [1.165, 1.54) is 0 Å². The monoisotopic (exact) mass is 208 g/mol. The zero-order chi connectivity index (χ0) is 10.6. The third-order valence-electron chi connectivity index (χ3n) is 1.90. The van der Waals surface area contributed by atoms with Gasteiger partial charge in [-0.3, -0.25) is 4.98 Å². The second-order valence-electron chi connectivity index (χ2n) is 3.68. The molecule has 0 spiro atoms. The Kier molecular flexibility index (Phi) is 3.91. The van der Waals surface area contributed by atoms with Crippen LogP contribution in [0.1, 0.15) is 30.7 Å². The maximum Gasteiger partial charge on any atom is 0.101 e. The molecule has 0 saturated heterocycles. The van der Waals surface area contributed by atoms with Gasteiger partial charge in [0.15, 0.2) is 0 Å². The summed E-state index contributed by atoms with van der Waals surface area (Å²) in [6.45, 7) is 4.22. The molecular weight excluding hydrogens is 196 g/mol. The minimum atomic E-state index is 0.406. The highest BCUT2D eigenvalue weighted by atomic mass is 35.5. The van der Waals surface area contributed by atoms with E-state index < -0.39 is 0 Å². The van der Waals surface area contributed by atoms with Gasteiger partial charge in [-0.1, -0.05) is 13.8 Å². The molecule has 0 unspecified atom stereocenters. The van der Waals surface area contributed by atoms with E-state index in [1.807, 2.05) is 6.07 Å². The minimum absolute atomic E-state index is 0.406. The van der Waals surface area contributed by atoms with E-state index in [1.54, 1.807) is 6.20 Å². The summed E-state index contributed by atoms with van der Waals surface area (Å²) in [6, 6.07) is 3.97. The standard InChI is InChI=1S/C11H13ClN2/c1-8(2)3-11-10(6-13)4-9(5-12)7-14-11/h4,7-8H,3,5H2,1-2H3. The Morgan fingerprint density at radius 3 is 2.79 bits per heavy atom. The average molecular weight is 209 g/mol. The summed E-state index contributed by atoms with van der Waals surface area (Å²) < 4.78 is 0. The molecule has 0 amide bonds. The number of hydrogen-bond acceptors (Lipinski definition) is 2. The lowest BCUT2D eigenvalue weighted by Gasteiger charge is -2.06. The van der Waals surface area contributed by atoms with E-state index in [0.29, 0.717) is 17.4 Å². The molecule has 0 atom stereocenters. The van der Waals surface area contributed by atoms with Crippen LogP contribution < -0.4 is 0 Å². The smallest absolute Gasteiger partial charge is 0.101 e. The number of rotatable bonds is 3. The Hall–Kier alpha value is -1.07. The Bertz CT molecular complexity index is 353. The Morgan fingerprint density at radius 1 is 1.57 bits per heavy atom. The van der Waals surface area contributed by atoms with E-state index in [-0.39, 0.29) is 0 Å². The molecule has 0 aliphatic heterocycles. The molecule has 0 fully saturated rings. The van der Waals surface area contributed by atoms with Gasteiger partial charge in [-0.2, -0.15) is 5.26 Å². The topological polar surface area (TPSA) is 36.7 Å². The first-order valence-electron chi connectivity index (χ1n) is 4.61. The number of halogens is 1. The van der Waals surface area contributed by atoms with E-state index in [9.17, 15) is 0 Å². The van der Waals surface area contributed by atoms with Crippen molar-refractivity contribution >= 4 is 11.6 Å². The molecule has 3 heteroatoms. The fraction of sp³-hybridized carbons (Fsp3) is 0.455. The van der Waals surface area contributed by atoms with Gasteiger partial charge < -0.3 is 0 Å². The molecule has 1 heterocycles. The first-order valence-corrected chi connectivity index (χ1v) is 5.14. The molecule has 14 heavy (non-hydrogen) atoms. The van der Waals surface area contributed by atoms with Crippen LogP contribution in [0, 0.1) is 17.2 Å². The lowest BCUT2D eigenvalue weighted by Crippen LogP contribution is -2.01. The highest BCUT2D eigenvalue weighted by Crippen LogP contribution is 2.13. The van der Waals surface area contributed by atoms with E-state index in [2.05, 4.69) is 24.9 Å². The Morgan fingerprint density at radius 2 is 2.29 bits per heavy atom. The molecular formula is C11H13ClN2. The molecule has 0 N–H and O–H groups in total. The van der Waals surface area contributed by atoms with E-state index >= 15 is 0 Å². The predicted molar refractivity (Wildman–Crippen MR) is 57.1 cm³/mol. The summed E-state index contributed by atoms with van der Waals surface area (Å²) in [6.07, 6.45) is 2.58. The van der Waals surface area contributed by atoms with Crippen LogP contribution >= 0.6 is 11.6 Å². The molecule has 1 aromatic rings. The maximum atomic E-state index is 8.92. The number of nitriles is 1. The van der Waals surface area contributed by atoms with Crippen molar-refractivity contribution in [2.24, 2.45) is 5.92 Å². The van der Waals surface area contributed by atoms with Crippen molar-refractivity contribution in [3.05, 3.63) is 29.1 Å². The van der Waals surface area contributed by atoms with Gasteiger partial charge >= 0.3 is 0 Å². The van der Waals surface area contributed by atoms with Crippen LogP contribution in [0.2, 0.25) is 0 Å². The van der Waals surface area contributed by atoms with Crippen LogP contribution in [0.5, 0.6) is 0 Å². The third-order valence-corrected chi connectivity index (χ3v) is 2.21. The zero-order valence-electron chi connectivity index (χ0n) is 8.42. The number of alkyl halides is 1. The number of nitrogens with zero attached hydrogens (tertiary/aromatic N) is 2. The van der Waals surface area contributed by atoms with Crippen LogP contribution in [0.15, 0.2) is 12.3 Å². The molecule has 0 aromatic carbocycles. The van der Waals surface area contributed by atoms with Crippen molar-refractivity contribution in [3.63, 3.8) is 0 Å². The van der Waals surface area contributed by atoms with Gasteiger partial charge in [0.2, 0.25) is 0 Å². The fourth-order valence-electron chi connectivity index (χ4n) is 1.26. The second kappa shape index (κ2) is 4.97. The Balaban J connectivity index is 3.01. The van der Waals surface area contributed by atoms with Gasteiger partial charge in [0, 0.05) is 12.1 Å². The molecule has 0 aliphatic carbocycles. The molecule has 0 aliphatic rings. The Labute approximate surface area is 89.5 Å². The predicted octanol–water partition coefficient (Wildman–Crippen LogP) is 2.89. The van der Waals surface area contributed by atoms with Crippen molar-refractivity contribution in [2.45, 2.75) is 26.1 Å². The van der Waals surface area contributed by atoms with Crippen LogP contribution in [-0.2, 0) is 12.3 Å². The first kappa shape index (κ1) is 11.0. The molecule has 0 saturated carbocycles. The third kappa shape index (κ3) is 2.71. The van der Waals surface area contributed by atoms with Crippen LogP contribution in [0.3, 0.4) is 0 Å². The van der Waals surface area contributed by atoms with Gasteiger partial charge in [-0.15, -0.1) is 11.6 Å². The highest BCUT2D eigenvalue weighted by Gasteiger charge is 2.06. The van der Waals surface area contributed by atoms with Crippen molar-refractivity contribution < 1.29 is 0 Å². The molecule has 74 valence electrons. The van der Waals surface area contributed by atoms with Crippen molar-refractivity contribution in [1.82, 2.24) is 4.98 Å². The minimum Gasteiger partial charge on any atom is -0.260 e. The molecule has 1 rings (SSSR count). The SMILES string of the molecule is CC(C)Cc1ncc(CCl)cc1C#N. The van der Waals surface area contributed by atoms with Crippen LogP contribution in [0.4, 0.5) is 0 Å². The summed E-state index contributed by atoms with van der Waals surface area (Å²) in [7, 11) is 0. The average Bonchev–Trinajstić information content (AvgIpc) is 2.17. The molecule has 2 nitrogen and oxygen atoms in total. The zero-order valence-corrected chi connectivity index (χ0v) is 9.17. The van der Waals surface area contributed by atoms with Gasteiger partial charge in [-0.25, -0.2) is 0 Å². The lowest BCUT2D eigenvalue weighted by atomic mass is 10.0. The second-order valence-corrected chi connectivity index (χ2v) is 3.95. The number of hydrogen-bond donors (Lipinski definition) is 0. The molecule has 0 bridgehead atoms. The van der Waals surface area contributed by atoms with Gasteiger partial charge in [-0.05, 0) is 24.0 Å². The summed E-state index contributed by atoms with van der Waals surface area (Å²) in [4.78, 5) is 4.25. The fourth-order valence-corrected chi connectivity index (χ4v) is 1.40. The first-order chi connectivity index (χ1) is 6.67. The van der Waals surface area contributed by atoms with Crippen molar-refractivity contribution in [1.29, 1.82) is 5.26 Å². The van der Waals surface area contributed by atoms with Gasteiger partial charge in [0.05, 0.1) is 11.3 Å². The lowest BCUT2D eigenvalue weighted by molar-refractivity contribution is 0.634. The van der Waals surface area contributed by atoms with E-state index in [0.717, 1.165) is 17.7 Å². The summed E-state index contributed by atoms with van der Waals surface area (Å²) in [5.41, 5.74) is 2.42. The van der Waals surface area contributed by atoms with Gasteiger partial charge in [0.25, 0.3) is 0 Å². The van der Waals surface area contributed by atoms with Crippen molar-refractivity contribution in [3.8, 4) is 6.07 Å². The van der Waals surface area contributed by atoms with Crippen LogP contribution in [-0.4, -0.2) is 4.98 Å². The van der Waals surface area contributed by atoms with Crippen LogP contribution in [0.25, 0.3) is 0 Å². The van der Waals surface area contributed by atoms with Crippen molar-refractivity contribution in [2.75, 3.05) is 0 Å². The summed E-state index contributed by atoms with van der Waals surface area (Å²) >= 11 is 5.66. The maximum absolute atomic E-state index is 8.92. The normalized spacial score (nSPS) is 10.2. The quantitative estimate of drug-likeness (QED) is 0.717. The summed E-state index contributed by atoms with van der Waals surface area (Å²) in [5.74, 6) is 0.917. The number of aromatic nitrogens is 1. The largest absolute Gasteiger partial charge is 0.260 e. The molecule has 0 radical (unpaired) electrons.